The van der Waals surface area contributed by atoms with Crippen LogP contribution in [0.5, 0.6) is 0 Å². The third kappa shape index (κ3) is 3.45. The van der Waals surface area contributed by atoms with Crippen molar-refractivity contribution in [2.75, 3.05) is 32.7 Å². The predicted molar refractivity (Wildman–Crippen MR) is 76.4 cm³/mol. The van der Waals surface area contributed by atoms with Crippen LogP contribution < -0.4 is 0 Å². The van der Waals surface area contributed by atoms with E-state index < -0.39 is 15.8 Å². The fourth-order valence-corrected chi connectivity index (χ4v) is 3.69. The summed E-state index contributed by atoms with van der Waals surface area (Å²) in [6.07, 6.45) is 0. The van der Waals surface area contributed by atoms with E-state index in [4.69, 9.17) is 0 Å². The maximum Gasteiger partial charge on any atom is 0.243 e. The summed E-state index contributed by atoms with van der Waals surface area (Å²) in [5.41, 5.74) is 1.07. The van der Waals surface area contributed by atoms with E-state index in [1.165, 1.54) is 28.6 Å². The monoisotopic (exact) mass is 298 g/mol. The Morgan fingerprint density at radius 2 is 1.75 bits per heavy atom. The average Bonchev–Trinajstić information content (AvgIpc) is 2.39. The molecule has 1 aromatic carbocycles. The Bertz CT molecular complexity index is 576. The van der Waals surface area contributed by atoms with Crippen LogP contribution in [0.3, 0.4) is 0 Å². The summed E-state index contributed by atoms with van der Waals surface area (Å²) in [5, 5.41) is 0. The van der Waals surface area contributed by atoms with Gasteiger partial charge in [0.1, 0.15) is 5.82 Å². The molecule has 0 amide bonds. The molecular formula is C14H19FN2O2S. The minimum absolute atomic E-state index is 0.146. The molecule has 0 radical (unpaired) electrons. The summed E-state index contributed by atoms with van der Waals surface area (Å²) in [4.78, 5) is 2.33. The summed E-state index contributed by atoms with van der Waals surface area (Å²) >= 11 is 0. The number of benzene rings is 1. The fraction of sp³-hybridized carbons (Fsp3) is 0.429. The van der Waals surface area contributed by atoms with Crippen molar-refractivity contribution < 1.29 is 12.8 Å². The zero-order valence-corrected chi connectivity index (χ0v) is 12.4. The minimum Gasteiger partial charge on any atom is -0.297 e. The smallest absolute Gasteiger partial charge is 0.243 e. The van der Waals surface area contributed by atoms with Gasteiger partial charge < -0.3 is 0 Å². The van der Waals surface area contributed by atoms with Crippen LogP contribution in [0, 0.1) is 5.82 Å². The molecule has 0 atom stereocenters. The highest BCUT2D eigenvalue weighted by Gasteiger charge is 2.28. The molecule has 0 aromatic heterocycles. The van der Waals surface area contributed by atoms with E-state index in [1.54, 1.807) is 0 Å². The van der Waals surface area contributed by atoms with Crippen LogP contribution in [0.2, 0.25) is 0 Å². The molecule has 4 nitrogen and oxygen atoms in total. The lowest BCUT2D eigenvalue weighted by Gasteiger charge is -2.34. The van der Waals surface area contributed by atoms with E-state index in [9.17, 15) is 12.8 Å². The van der Waals surface area contributed by atoms with Crippen LogP contribution in [0.1, 0.15) is 6.92 Å². The minimum atomic E-state index is -3.51. The van der Waals surface area contributed by atoms with Crippen molar-refractivity contribution in [1.82, 2.24) is 9.21 Å². The molecule has 0 aliphatic carbocycles. The molecule has 1 saturated heterocycles. The zero-order chi connectivity index (χ0) is 14.8. The Morgan fingerprint density at radius 3 is 2.25 bits per heavy atom. The van der Waals surface area contributed by atoms with Crippen LogP contribution in [0.25, 0.3) is 0 Å². The Balaban J connectivity index is 2.05. The summed E-state index contributed by atoms with van der Waals surface area (Å²) in [5.74, 6) is -0.435. The average molecular weight is 298 g/mol. The van der Waals surface area contributed by atoms with Crippen LogP contribution in [-0.2, 0) is 10.0 Å². The van der Waals surface area contributed by atoms with Crippen molar-refractivity contribution in [3.8, 4) is 0 Å². The number of nitrogens with zero attached hydrogens (tertiary/aromatic N) is 2. The molecule has 1 aliphatic rings. The quantitative estimate of drug-likeness (QED) is 0.795. The molecule has 1 aliphatic heterocycles. The maximum atomic E-state index is 12.9. The lowest BCUT2D eigenvalue weighted by Crippen LogP contribution is -2.48. The number of rotatable bonds is 4. The first-order valence-corrected chi connectivity index (χ1v) is 7.96. The van der Waals surface area contributed by atoms with Gasteiger partial charge in [-0.3, -0.25) is 4.90 Å². The van der Waals surface area contributed by atoms with Crippen LogP contribution in [0.4, 0.5) is 4.39 Å². The number of sulfonamides is 1. The zero-order valence-electron chi connectivity index (χ0n) is 11.5. The topological polar surface area (TPSA) is 40.6 Å². The molecule has 0 spiro atoms. The van der Waals surface area contributed by atoms with Crippen molar-refractivity contribution in [2.45, 2.75) is 11.8 Å². The van der Waals surface area contributed by atoms with Crippen molar-refractivity contribution >= 4 is 10.0 Å². The Morgan fingerprint density at radius 1 is 1.20 bits per heavy atom. The van der Waals surface area contributed by atoms with Gasteiger partial charge in [0.25, 0.3) is 0 Å². The lowest BCUT2D eigenvalue weighted by atomic mass is 10.3. The Labute approximate surface area is 119 Å². The molecule has 0 unspecified atom stereocenters. The second kappa shape index (κ2) is 6.03. The second-order valence-electron chi connectivity index (χ2n) is 5.09. The Kier molecular flexibility index (Phi) is 4.57. The first-order valence-electron chi connectivity index (χ1n) is 6.52. The summed E-state index contributed by atoms with van der Waals surface area (Å²) in [7, 11) is -3.51. The van der Waals surface area contributed by atoms with Gasteiger partial charge in [-0.05, 0) is 31.2 Å². The van der Waals surface area contributed by atoms with Gasteiger partial charge in [0, 0.05) is 32.7 Å². The van der Waals surface area contributed by atoms with E-state index in [0.717, 1.165) is 12.1 Å². The van der Waals surface area contributed by atoms with E-state index >= 15 is 0 Å². The fourth-order valence-electron chi connectivity index (χ4n) is 2.27. The van der Waals surface area contributed by atoms with Crippen molar-refractivity contribution in [3.63, 3.8) is 0 Å². The first-order chi connectivity index (χ1) is 9.39. The van der Waals surface area contributed by atoms with Gasteiger partial charge in [-0.15, -0.1) is 0 Å². The van der Waals surface area contributed by atoms with Gasteiger partial charge in [0.2, 0.25) is 10.0 Å². The summed E-state index contributed by atoms with van der Waals surface area (Å²) in [6, 6.07) is 4.96. The van der Waals surface area contributed by atoms with Gasteiger partial charge in [-0.25, -0.2) is 12.8 Å². The van der Waals surface area contributed by atoms with Gasteiger partial charge in [-0.2, -0.15) is 4.31 Å². The van der Waals surface area contributed by atoms with Crippen LogP contribution in [-0.4, -0.2) is 50.3 Å². The standard InChI is InChI=1S/C14H19FN2O2S/c1-12(2)11-16-7-9-17(10-8-16)20(18,19)14-5-3-13(15)4-6-14/h3-6H,1,7-11H2,2H3. The van der Waals surface area contributed by atoms with E-state index in [0.29, 0.717) is 26.2 Å². The van der Waals surface area contributed by atoms with Crippen molar-refractivity contribution in [3.05, 3.63) is 42.2 Å². The number of hydrogen-bond donors (Lipinski definition) is 0. The number of piperazine rings is 1. The largest absolute Gasteiger partial charge is 0.297 e. The summed E-state index contributed by atoms with van der Waals surface area (Å²) in [6.45, 7) is 8.90. The molecule has 1 heterocycles. The molecule has 0 bridgehead atoms. The number of halogens is 1. The second-order valence-corrected chi connectivity index (χ2v) is 7.03. The molecule has 1 aromatic rings. The molecule has 110 valence electrons. The molecule has 0 N–H and O–H groups in total. The summed E-state index contributed by atoms with van der Waals surface area (Å²) < 4.78 is 39.1. The van der Waals surface area contributed by atoms with Gasteiger partial charge in [0.05, 0.1) is 4.90 Å². The Hall–Kier alpha value is -1.24. The van der Waals surface area contributed by atoms with Crippen LogP contribution in [0.15, 0.2) is 41.3 Å². The van der Waals surface area contributed by atoms with Gasteiger partial charge in [0.15, 0.2) is 0 Å². The van der Waals surface area contributed by atoms with Crippen LogP contribution >= 0.6 is 0 Å². The predicted octanol–water partition coefficient (Wildman–Crippen LogP) is 1.71. The maximum absolute atomic E-state index is 12.9. The molecular weight excluding hydrogens is 279 g/mol. The third-order valence-corrected chi connectivity index (χ3v) is 5.19. The third-order valence-electron chi connectivity index (χ3n) is 3.28. The molecule has 1 fully saturated rings. The SMILES string of the molecule is C=C(C)CN1CCN(S(=O)(=O)c2ccc(F)cc2)CC1. The normalized spacial score (nSPS) is 18.1. The molecule has 6 heteroatoms. The highest BCUT2D eigenvalue weighted by Crippen LogP contribution is 2.18. The van der Waals surface area contributed by atoms with E-state index in [-0.39, 0.29) is 4.90 Å². The first kappa shape index (κ1) is 15.2. The number of hydrogen-bond acceptors (Lipinski definition) is 3. The molecule has 0 saturated carbocycles. The van der Waals surface area contributed by atoms with Gasteiger partial charge >= 0.3 is 0 Å². The lowest BCUT2D eigenvalue weighted by molar-refractivity contribution is 0.201. The highest BCUT2D eigenvalue weighted by atomic mass is 32.2. The van der Waals surface area contributed by atoms with Gasteiger partial charge in [-0.1, -0.05) is 12.2 Å². The van der Waals surface area contributed by atoms with Crippen molar-refractivity contribution in [2.24, 2.45) is 0 Å². The highest BCUT2D eigenvalue weighted by molar-refractivity contribution is 7.89. The molecule has 2 rings (SSSR count). The van der Waals surface area contributed by atoms with E-state index in [2.05, 4.69) is 11.5 Å². The molecule has 20 heavy (non-hydrogen) atoms. The van der Waals surface area contributed by atoms with E-state index in [1.807, 2.05) is 6.92 Å². The van der Waals surface area contributed by atoms with Crippen molar-refractivity contribution in [1.29, 1.82) is 0 Å².